The highest BCUT2D eigenvalue weighted by Gasteiger charge is 2.18. The van der Waals surface area contributed by atoms with E-state index in [4.69, 9.17) is 4.74 Å². The van der Waals surface area contributed by atoms with Crippen molar-refractivity contribution in [2.45, 2.75) is 32.7 Å². The fourth-order valence-corrected chi connectivity index (χ4v) is 1.67. The van der Waals surface area contributed by atoms with Crippen molar-refractivity contribution in [3.63, 3.8) is 0 Å². The lowest BCUT2D eigenvalue weighted by Gasteiger charge is -2.20. The van der Waals surface area contributed by atoms with Gasteiger partial charge in [0, 0.05) is 12.4 Å². The maximum Gasteiger partial charge on any atom is 0.236 e. The van der Waals surface area contributed by atoms with E-state index in [2.05, 4.69) is 29.1 Å². The van der Waals surface area contributed by atoms with E-state index in [0.717, 1.165) is 12.1 Å². The summed E-state index contributed by atoms with van der Waals surface area (Å²) in [5, 5.41) is 3.28. The van der Waals surface area contributed by atoms with Gasteiger partial charge in [0.25, 0.3) is 0 Å². The summed E-state index contributed by atoms with van der Waals surface area (Å²) in [5.41, 5.74) is 0.896. The second kappa shape index (κ2) is 6.43. The summed E-state index contributed by atoms with van der Waals surface area (Å²) in [6.45, 7) is 4.44. The van der Waals surface area contributed by atoms with Crippen molar-refractivity contribution in [2.24, 2.45) is 5.92 Å². The predicted molar refractivity (Wildman–Crippen MR) is 64.5 cm³/mol. The molecule has 1 N–H and O–H groups in total. The third kappa shape index (κ3) is 3.17. The second-order valence-corrected chi connectivity index (χ2v) is 4.04. The molecule has 2 atom stereocenters. The van der Waals surface area contributed by atoms with Gasteiger partial charge >= 0.3 is 0 Å². The van der Waals surface area contributed by atoms with Gasteiger partial charge in [-0.05, 0) is 19.4 Å². The Bertz CT molecular complexity index is 317. The molecule has 0 aliphatic carbocycles. The van der Waals surface area contributed by atoms with Crippen LogP contribution in [0.15, 0.2) is 12.4 Å². The van der Waals surface area contributed by atoms with Crippen molar-refractivity contribution >= 4 is 0 Å². The number of nitrogens with zero attached hydrogens (tertiary/aromatic N) is 2. The van der Waals surface area contributed by atoms with Gasteiger partial charge in [-0.25, -0.2) is 4.98 Å². The van der Waals surface area contributed by atoms with E-state index in [1.54, 1.807) is 19.5 Å². The first-order valence-corrected chi connectivity index (χ1v) is 5.75. The molecule has 1 aromatic heterocycles. The van der Waals surface area contributed by atoms with Crippen molar-refractivity contribution < 1.29 is 4.74 Å². The number of nitrogens with one attached hydrogen (secondary N) is 1. The van der Waals surface area contributed by atoms with Crippen molar-refractivity contribution in [2.75, 3.05) is 14.2 Å². The second-order valence-electron chi connectivity index (χ2n) is 4.04. The lowest BCUT2D eigenvalue weighted by atomic mass is 9.97. The summed E-state index contributed by atoms with van der Waals surface area (Å²) in [4.78, 5) is 8.53. The Hall–Kier alpha value is -1.16. The summed E-state index contributed by atoms with van der Waals surface area (Å²) in [6.07, 6.45) is 5.57. The van der Waals surface area contributed by atoms with E-state index in [1.807, 2.05) is 7.05 Å². The molecule has 0 amide bonds. The Kier molecular flexibility index (Phi) is 5.19. The first-order chi connectivity index (χ1) is 7.72. The zero-order chi connectivity index (χ0) is 12.0. The Labute approximate surface area is 97.5 Å². The van der Waals surface area contributed by atoms with Crippen LogP contribution in [0.5, 0.6) is 5.88 Å². The van der Waals surface area contributed by atoms with Crippen LogP contribution in [0.3, 0.4) is 0 Å². The summed E-state index contributed by atoms with van der Waals surface area (Å²) >= 11 is 0. The van der Waals surface area contributed by atoms with Gasteiger partial charge in [-0.2, -0.15) is 0 Å². The third-order valence-electron chi connectivity index (χ3n) is 2.90. The number of aromatic nitrogens is 2. The molecule has 0 aliphatic heterocycles. The topological polar surface area (TPSA) is 47.0 Å². The highest BCUT2D eigenvalue weighted by atomic mass is 16.5. The number of methoxy groups -OCH3 is 1. The van der Waals surface area contributed by atoms with Crippen LogP contribution in [-0.2, 0) is 0 Å². The largest absolute Gasteiger partial charge is 0.480 e. The van der Waals surface area contributed by atoms with Gasteiger partial charge in [-0.3, -0.25) is 4.98 Å². The lowest BCUT2D eigenvalue weighted by Crippen LogP contribution is -2.21. The number of hydrogen-bond acceptors (Lipinski definition) is 4. The van der Waals surface area contributed by atoms with E-state index in [1.165, 1.54) is 6.42 Å². The SMILES string of the molecule is CCC(C)CC(NC)c1nccnc1OC. The fraction of sp³-hybridized carbons (Fsp3) is 0.667. The zero-order valence-electron chi connectivity index (χ0n) is 10.5. The smallest absolute Gasteiger partial charge is 0.236 e. The normalized spacial score (nSPS) is 14.5. The van der Waals surface area contributed by atoms with Crippen molar-refractivity contribution in [3.05, 3.63) is 18.1 Å². The minimum atomic E-state index is 0.207. The molecule has 0 spiro atoms. The molecule has 90 valence electrons. The van der Waals surface area contributed by atoms with Crippen LogP contribution in [0, 0.1) is 5.92 Å². The quantitative estimate of drug-likeness (QED) is 0.803. The molecule has 1 aromatic rings. The average molecular weight is 223 g/mol. The molecule has 1 heterocycles. The van der Waals surface area contributed by atoms with E-state index < -0.39 is 0 Å². The maximum atomic E-state index is 5.23. The zero-order valence-corrected chi connectivity index (χ0v) is 10.5. The average Bonchev–Trinajstić information content (AvgIpc) is 2.35. The van der Waals surface area contributed by atoms with Gasteiger partial charge in [-0.1, -0.05) is 20.3 Å². The summed E-state index contributed by atoms with van der Waals surface area (Å²) in [7, 11) is 3.57. The molecular weight excluding hydrogens is 202 g/mol. The van der Waals surface area contributed by atoms with Crippen LogP contribution in [0.25, 0.3) is 0 Å². The van der Waals surface area contributed by atoms with Crippen LogP contribution in [0.4, 0.5) is 0 Å². The van der Waals surface area contributed by atoms with Crippen molar-refractivity contribution in [3.8, 4) is 5.88 Å². The Morgan fingerprint density at radius 3 is 2.62 bits per heavy atom. The van der Waals surface area contributed by atoms with Crippen LogP contribution in [-0.4, -0.2) is 24.1 Å². The lowest BCUT2D eigenvalue weighted by molar-refractivity contribution is 0.361. The molecule has 0 aromatic carbocycles. The van der Waals surface area contributed by atoms with Gasteiger partial charge < -0.3 is 10.1 Å². The van der Waals surface area contributed by atoms with E-state index >= 15 is 0 Å². The van der Waals surface area contributed by atoms with E-state index in [9.17, 15) is 0 Å². The minimum Gasteiger partial charge on any atom is -0.480 e. The van der Waals surface area contributed by atoms with Crippen molar-refractivity contribution in [1.82, 2.24) is 15.3 Å². The van der Waals surface area contributed by atoms with Gasteiger partial charge in [0.1, 0.15) is 5.69 Å². The first-order valence-electron chi connectivity index (χ1n) is 5.75. The molecule has 0 saturated heterocycles. The highest BCUT2D eigenvalue weighted by Crippen LogP contribution is 2.26. The molecule has 0 bridgehead atoms. The monoisotopic (exact) mass is 223 g/mol. The Morgan fingerprint density at radius 2 is 2.06 bits per heavy atom. The molecule has 1 rings (SSSR count). The molecule has 0 aliphatic rings. The number of hydrogen-bond donors (Lipinski definition) is 1. The Morgan fingerprint density at radius 1 is 1.38 bits per heavy atom. The van der Waals surface area contributed by atoms with Crippen LogP contribution in [0.2, 0.25) is 0 Å². The standard InChI is InChI=1S/C12H21N3O/c1-5-9(2)8-10(13-3)11-12(16-4)15-7-6-14-11/h6-7,9-10,13H,5,8H2,1-4H3. The molecule has 4 nitrogen and oxygen atoms in total. The molecule has 4 heteroatoms. The Balaban J connectivity index is 2.85. The highest BCUT2D eigenvalue weighted by molar-refractivity contribution is 5.21. The van der Waals surface area contributed by atoms with Crippen LogP contribution in [0.1, 0.15) is 38.4 Å². The van der Waals surface area contributed by atoms with Crippen molar-refractivity contribution in [1.29, 1.82) is 0 Å². The van der Waals surface area contributed by atoms with E-state index in [-0.39, 0.29) is 6.04 Å². The maximum absolute atomic E-state index is 5.23. The van der Waals surface area contributed by atoms with Gasteiger partial charge in [0.2, 0.25) is 5.88 Å². The minimum absolute atomic E-state index is 0.207. The molecule has 0 fully saturated rings. The van der Waals surface area contributed by atoms with Crippen LogP contribution >= 0.6 is 0 Å². The molecule has 2 unspecified atom stereocenters. The third-order valence-corrected chi connectivity index (χ3v) is 2.90. The number of rotatable bonds is 6. The summed E-state index contributed by atoms with van der Waals surface area (Å²) < 4.78 is 5.23. The summed E-state index contributed by atoms with van der Waals surface area (Å²) in [5.74, 6) is 1.27. The molecular formula is C12H21N3O. The molecule has 0 saturated carbocycles. The predicted octanol–water partition coefficient (Wildman–Crippen LogP) is 2.18. The van der Waals surface area contributed by atoms with Gasteiger partial charge in [0.15, 0.2) is 0 Å². The van der Waals surface area contributed by atoms with Gasteiger partial charge in [0.05, 0.1) is 13.2 Å². The summed E-state index contributed by atoms with van der Waals surface area (Å²) in [6, 6.07) is 0.207. The van der Waals surface area contributed by atoms with Crippen LogP contribution < -0.4 is 10.1 Å². The first kappa shape index (κ1) is 12.9. The van der Waals surface area contributed by atoms with Gasteiger partial charge in [-0.15, -0.1) is 0 Å². The molecule has 0 radical (unpaired) electrons. The number of ether oxygens (including phenoxy) is 1. The fourth-order valence-electron chi connectivity index (χ4n) is 1.67. The molecule has 16 heavy (non-hydrogen) atoms. The van der Waals surface area contributed by atoms with E-state index in [0.29, 0.717) is 11.8 Å².